The van der Waals surface area contributed by atoms with E-state index in [1.165, 1.54) is 5.56 Å². The van der Waals surface area contributed by atoms with E-state index in [1.54, 1.807) is 0 Å². The molecule has 3 aromatic rings. The number of nitrogens with zero attached hydrogens (tertiary/aromatic N) is 1. The Morgan fingerprint density at radius 1 is 1.17 bits per heavy atom. The zero-order chi connectivity index (χ0) is 20.6. The number of aryl methyl sites for hydroxylation is 1. The van der Waals surface area contributed by atoms with Crippen molar-refractivity contribution in [3.63, 3.8) is 0 Å². The molecule has 2 aromatic carbocycles. The first-order valence-corrected chi connectivity index (χ1v) is 10.2. The van der Waals surface area contributed by atoms with Gasteiger partial charge in [-0.25, -0.2) is 0 Å². The Morgan fingerprint density at radius 2 is 1.93 bits per heavy atom. The summed E-state index contributed by atoms with van der Waals surface area (Å²) < 4.78 is 6.20. The van der Waals surface area contributed by atoms with Crippen molar-refractivity contribution >= 4 is 10.9 Å². The van der Waals surface area contributed by atoms with Gasteiger partial charge in [0.25, 0.3) is 0 Å². The standard InChI is InChI=1S/C24H29N3O2/c1-15-11-17(14-25)27-20-12-19-21(13-18(15)20)29-24(2,3)23(28)22(19)26-10-9-16-7-5-4-6-8-16/h4-8,11-13,22-23,26,28H,9-10,14,25H2,1-3H3. The van der Waals surface area contributed by atoms with Crippen LogP contribution >= 0.6 is 0 Å². The van der Waals surface area contributed by atoms with Crippen molar-refractivity contribution in [2.24, 2.45) is 5.73 Å². The van der Waals surface area contributed by atoms with Crippen LogP contribution in [0.15, 0.2) is 48.5 Å². The number of fused-ring (bicyclic) bond motifs is 2. The molecular formula is C24H29N3O2. The van der Waals surface area contributed by atoms with E-state index < -0.39 is 11.7 Å². The molecule has 1 aromatic heterocycles. The lowest BCUT2D eigenvalue weighted by atomic mass is 9.85. The maximum Gasteiger partial charge on any atom is 0.131 e. The summed E-state index contributed by atoms with van der Waals surface area (Å²) in [5.41, 5.74) is 10.2. The van der Waals surface area contributed by atoms with Gasteiger partial charge in [-0.2, -0.15) is 0 Å². The quantitative estimate of drug-likeness (QED) is 0.621. The molecule has 0 amide bonds. The second kappa shape index (κ2) is 7.75. The normalized spacial score (nSPS) is 20.3. The number of aliphatic hydroxyl groups is 1. The first kappa shape index (κ1) is 19.8. The van der Waals surface area contributed by atoms with Gasteiger partial charge in [0.15, 0.2) is 0 Å². The minimum Gasteiger partial charge on any atom is -0.485 e. The van der Waals surface area contributed by atoms with Crippen LogP contribution in [-0.2, 0) is 13.0 Å². The number of nitrogens with one attached hydrogen (secondary N) is 1. The summed E-state index contributed by atoms with van der Waals surface area (Å²) in [5.74, 6) is 0.801. The van der Waals surface area contributed by atoms with Crippen LogP contribution in [0.3, 0.4) is 0 Å². The molecule has 1 aliphatic rings. The van der Waals surface area contributed by atoms with E-state index in [4.69, 9.17) is 15.5 Å². The fraction of sp³-hybridized carbons (Fsp3) is 0.375. The van der Waals surface area contributed by atoms with Gasteiger partial charge >= 0.3 is 0 Å². The summed E-state index contributed by atoms with van der Waals surface area (Å²) in [5, 5.41) is 15.6. The van der Waals surface area contributed by atoms with Crippen LogP contribution in [-0.4, -0.2) is 28.3 Å². The van der Waals surface area contributed by atoms with E-state index in [-0.39, 0.29) is 6.04 Å². The van der Waals surface area contributed by atoms with Crippen molar-refractivity contribution in [3.8, 4) is 5.75 Å². The number of benzene rings is 2. The van der Waals surface area contributed by atoms with Gasteiger partial charge in [0, 0.05) is 17.5 Å². The van der Waals surface area contributed by atoms with E-state index in [0.29, 0.717) is 6.54 Å². The van der Waals surface area contributed by atoms with Gasteiger partial charge < -0.3 is 20.9 Å². The SMILES string of the molecule is Cc1cc(CN)nc2cc3c(cc12)OC(C)(C)C(O)C3NCCc1ccccc1. The van der Waals surface area contributed by atoms with Gasteiger partial charge in [-0.05, 0) is 63.1 Å². The van der Waals surface area contributed by atoms with E-state index in [2.05, 4.69) is 24.4 Å². The molecule has 0 saturated carbocycles. The molecule has 4 rings (SSSR count). The van der Waals surface area contributed by atoms with E-state index in [1.807, 2.05) is 50.2 Å². The Labute approximate surface area is 171 Å². The number of aromatic nitrogens is 1. The molecule has 2 heterocycles. The Bertz CT molecular complexity index is 1020. The fourth-order valence-corrected chi connectivity index (χ4v) is 4.10. The molecule has 0 radical (unpaired) electrons. The number of rotatable bonds is 5. The maximum atomic E-state index is 11.0. The number of aliphatic hydroxyl groups excluding tert-OH is 1. The highest BCUT2D eigenvalue weighted by atomic mass is 16.5. The van der Waals surface area contributed by atoms with Crippen LogP contribution in [0.2, 0.25) is 0 Å². The minimum atomic E-state index is -0.691. The van der Waals surface area contributed by atoms with Gasteiger partial charge in [0.05, 0.1) is 17.3 Å². The van der Waals surface area contributed by atoms with Crippen molar-refractivity contribution in [1.82, 2.24) is 10.3 Å². The van der Waals surface area contributed by atoms with Crippen molar-refractivity contribution in [2.45, 2.75) is 51.5 Å². The predicted octanol–water partition coefficient (Wildman–Crippen LogP) is 3.41. The van der Waals surface area contributed by atoms with Gasteiger partial charge in [-0.15, -0.1) is 0 Å². The molecule has 29 heavy (non-hydrogen) atoms. The number of hydrogen-bond donors (Lipinski definition) is 3. The van der Waals surface area contributed by atoms with Crippen molar-refractivity contribution in [1.29, 1.82) is 0 Å². The lowest BCUT2D eigenvalue weighted by Crippen LogP contribution is -2.52. The molecule has 152 valence electrons. The van der Waals surface area contributed by atoms with Crippen molar-refractivity contribution in [2.75, 3.05) is 6.54 Å². The summed E-state index contributed by atoms with van der Waals surface area (Å²) in [7, 11) is 0. The molecule has 0 spiro atoms. The number of nitrogens with two attached hydrogens (primary N) is 1. The predicted molar refractivity (Wildman–Crippen MR) is 116 cm³/mol. The van der Waals surface area contributed by atoms with E-state index >= 15 is 0 Å². The Morgan fingerprint density at radius 3 is 2.66 bits per heavy atom. The summed E-state index contributed by atoms with van der Waals surface area (Å²) in [6, 6.07) is 16.2. The third-order valence-corrected chi connectivity index (χ3v) is 5.77. The maximum absolute atomic E-state index is 11.0. The highest BCUT2D eigenvalue weighted by Gasteiger charge is 2.42. The van der Waals surface area contributed by atoms with Crippen LogP contribution < -0.4 is 15.8 Å². The van der Waals surface area contributed by atoms with Crippen LogP contribution in [0.5, 0.6) is 5.75 Å². The molecular weight excluding hydrogens is 362 g/mol. The molecule has 1 aliphatic heterocycles. The summed E-state index contributed by atoms with van der Waals surface area (Å²) in [6.07, 6.45) is 0.213. The molecule has 0 bridgehead atoms. The smallest absolute Gasteiger partial charge is 0.131 e. The second-order valence-corrected chi connectivity index (χ2v) is 8.36. The third-order valence-electron chi connectivity index (χ3n) is 5.77. The molecule has 5 heteroatoms. The fourth-order valence-electron chi connectivity index (χ4n) is 4.10. The summed E-state index contributed by atoms with van der Waals surface area (Å²) >= 11 is 0. The monoisotopic (exact) mass is 391 g/mol. The van der Waals surface area contributed by atoms with E-state index in [0.717, 1.165) is 46.4 Å². The molecule has 0 aliphatic carbocycles. The number of ether oxygens (including phenoxy) is 1. The largest absolute Gasteiger partial charge is 0.485 e. The lowest BCUT2D eigenvalue weighted by Gasteiger charge is -2.42. The number of hydrogen-bond acceptors (Lipinski definition) is 5. The topological polar surface area (TPSA) is 80.4 Å². The van der Waals surface area contributed by atoms with Crippen LogP contribution in [0.25, 0.3) is 10.9 Å². The average Bonchev–Trinajstić information content (AvgIpc) is 2.70. The first-order chi connectivity index (χ1) is 13.9. The Kier molecular flexibility index (Phi) is 5.30. The van der Waals surface area contributed by atoms with Crippen molar-refractivity contribution in [3.05, 3.63) is 70.9 Å². The number of pyridine rings is 1. The Balaban J connectivity index is 1.69. The van der Waals surface area contributed by atoms with Crippen LogP contribution in [0.4, 0.5) is 0 Å². The van der Waals surface area contributed by atoms with Gasteiger partial charge in [0.1, 0.15) is 17.5 Å². The summed E-state index contributed by atoms with van der Waals surface area (Å²) in [4.78, 5) is 4.70. The van der Waals surface area contributed by atoms with Crippen molar-refractivity contribution < 1.29 is 9.84 Å². The van der Waals surface area contributed by atoms with Gasteiger partial charge in [-0.1, -0.05) is 30.3 Å². The molecule has 0 saturated heterocycles. The van der Waals surface area contributed by atoms with Gasteiger partial charge in [0.2, 0.25) is 0 Å². The molecule has 5 nitrogen and oxygen atoms in total. The molecule has 0 fully saturated rings. The second-order valence-electron chi connectivity index (χ2n) is 8.36. The third kappa shape index (κ3) is 3.86. The van der Waals surface area contributed by atoms with Crippen LogP contribution in [0.1, 0.15) is 42.3 Å². The molecule has 2 atom stereocenters. The van der Waals surface area contributed by atoms with Crippen LogP contribution in [0, 0.1) is 6.92 Å². The van der Waals surface area contributed by atoms with E-state index in [9.17, 15) is 5.11 Å². The first-order valence-electron chi connectivity index (χ1n) is 10.2. The molecule has 2 unspecified atom stereocenters. The average molecular weight is 392 g/mol. The summed E-state index contributed by atoms with van der Waals surface area (Å²) in [6.45, 7) is 7.08. The molecule has 4 N–H and O–H groups in total. The minimum absolute atomic E-state index is 0.231. The Hall–Kier alpha value is -2.47. The lowest BCUT2D eigenvalue weighted by molar-refractivity contribution is -0.0642. The zero-order valence-electron chi connectivity index (χ0n) is 17.3. The highest BCUT2D eigenvalue weighted by Crippen LogP contribution is 2.42. The zero-order valence-corrected chi connectivity index (χ0v) is 17.3. The highest BCUT2D eigenvalue weighted by molar-refractivity contribution is 5.85. The van der Waals surface area contributed by atoms with Gasteiger partial charge in [-0.3, -0.25) is 4.98 Å².